The minimum atomic E-state index is -0.530. The molecule has 1 amide bonds. The molecule has 1 N–H and O–H groups in total. The summed E-state index contributed by atoms with van der Waals surface area (Å²) in [5.41, 5.74) is 1.97. The van der Waals surface area contributed by atoms with Gasteiger partial charge in [-0.05, 0) is 32.0 Å². The van der Waals surface area contributed by atoms with E-state index >= 15 is 0 Å². The van der Waals surface area contributed by atoms with Crippen molar-refractivity contribution in [1.29, 1.82) is 0 Å². The zero-order chi connectivity index (χ0) is 19.4. The molecule has 7 heteroatoms. The van der Waals surface area contributed by atoms with Crippen LogP contribution in [0, 0.1) is 24.0 Å². The SMILES string of the molecule is Cc1cccc(C(=O)NCCc2nc(-c3ccccc3)oc2C)c1[N+](=O)[O-]. The highest BCUT2D eigenvalue weighted by atomic mass is 16.6. The molecule has 7 nitrogen and oxygen atoms in total. The highest BCUT2D eigenvalue weighted by Gasteiger charge is 2.22. The van der Waals surface area contributed by atoms with Gasteiger partial charge in [0.15, 0.2) is 0 Å². The van der Waals surface area contributed by atoms with Crippen LogP contribution in [-0.2, 0) is 6.42 Å². The Bertz CT molecular complexity index is 980. The minimum absolute atomic E-state index is 0.0573. The molecule has 0 spiro atoms. The second-order valence-corrected chi connectivity index (χ2v) is 6.12. The zero-order valence-corrected chi connectivity index (χ0v) is 15.1. The molecule has 0 atom stereocenters. The van der Waals surface area contributed by atoms with Crippen molar-refractivity contribution in [2.75, 3.05) is 6.54 Å². The van der Waals surface area contributed by atoms with Crippen LogP contribution in [-0.4, -0.2) is 22.4 Å². The number of rotatable bonds is 6. The van der Waals surface area contributed by atoms with E-state index in [1.807, 2.05) is 37.3 Å². The number of nitrogens with one attached hydrogen (secondary N) is 1. The van der Waals surface area contributed by atoms with Gasteiger partial charge in [-0.3, -0.25) is 14.9 Å². The van der Waals surface area contributed by atoms with Crippen LogP contribution in [0.2, 0.25) is 0 Å². The van der Waals surface area contributed by atoms with Crippen LogP contribution in [0.3, 0.4) is 0 Å². The van der Waals surface area contributed by atoms with Gasteiger partial charge in [-0.1, -0.05) is 30.3 Å². The second-order valence-electron chi connectivity index (χ2n) is 6.12. The molecule has 0 aliphatic heterocycles. The number of hydrogen-bond acceptors (Lipinski definition) is 5. The van der Waals surface area contributed by atoms with Crippen molar-refractivity contribution in [1.82, 2.24) is 10.3 Å². The fourth-order valence-electron chi connectivity index (χ4n) is 2.84. The Hall–Kier alpha value is -3.48. The summed E-state index contributed by atoms with van der Waals surface area (Å²) < 4.78 is 5.70. The third-order valence-electron chi connectivity index (χ3n) is 4.23. The number of amides is 1. The highest BCUT2D eigenvalue weighted by Crippen LogP contribution is 2.23. The molecule has 0 bridgehead atoms. The molecule has 0 aliphatic carbocycles. The normalized spacial score (nSPS) is 10.6. The van der Waals surface area contributed by atoms with Crippen LogP contribution in [0.25, 0.3) is 11.5 Å². The largest absolute Gasteiger partial charge is 0.441 e. The average Bonchev–Trinajstić information content (AvgIpc) is 3.02. The van der Waals surface area contributed by atoms with E-state index in [2.05, 4.69) is 10.3 Å². The van der Waals surface area contributed by atoms with Crippen LogP contribution in [0.15, 0.2) is 52.9 Å². The number of benzene rings is 2. The Morgan fingerprint density at radius 2 is 1.89 bits per heavy atom. The lowest BCUT2D eigenvalue weighted by molar-refractivity contribution is -0.385. The maximum absolute atomic E-state index is 12.4. The Morgan fingerprint density at radius 1 is 1.15 bits per heavy atom. The second kappa shape index (κ2) is 7.82. The average molecular weight is 365 g/mol. The number of nitro groups is 1. The summed E-state index contributed by atoms with van der Waals surface area (Å²) in [6, 6.07) is 14.2. The standard InChI is InChI=1S/C20H19N3O4/c1-13-7-6-10-16(18(13)23(25)26)19(24)21-12-11-17-14(2)27-20(22-17)15-8-4-3-5-9-15/h3-10H,11-12H2,1-2H3,(H,21,24). The first-order valence-corrected chi connectivity index (χ1v) is 8.51. The first kappa shape index (κ1) is 18.3. The smallest absolute Gasteiger partial charge is 0.285 e. The van der Waals surface area contributed by atoms with Gasteiger partial charge < -0.3 is 9.73 Å². The number of aryl methyl sites for hydroxylation is 2. The maximum Gasteiger partial charge on any atom is 0.285 e. The number of para-hydroxylation sites is 1. The van der Waals surface area contributed by atoms with E-state index < -0.39 is 10.8 Å². The fraction of sp³-hybridized carbons (Fsp3) is 0.200. The summed E-state index contributed by atoms with van der Waals surface area (Å²) in [7, 11) is 0. The van der Waals surface area contributed by atoms with Gasteiger partial charge in [0.05, 0.1) is 10.6 Å². The number of nitrogens with zero attached hydrogens (tertiary/aromatic N) is 2. The summed E-state index contributed by atoms with van der Waals surface area (Å²) in [6.45, 7) is 3.73. The number of carbonyl (C=O) groups excluding carboxylic acids is 1. The van der Waals surface area contributed by atoms with Crippen LogP contribution >= 0.6 is 0 Å². The van der Waals surface area contributed by atoms with Gasteiger partial charge in [0.1, 0.15) is 11.3 Å². The number of oxazole rings is 1. The highest BCUT2D eigenvalue weighted by molar-refractivity contribution is 5.98. The monoisotopic (exact) mass is 365 g/mol. The molecule has 0 aliphatic rings. The Kier molecular flexibility index (Phi) is 5.30. The van der Waals surface area contributed by atoms with Crippen molar-refractivity contribution in [2.24, 2.45) is 0 Å². The lowest BCUT2D eigenvalue weighted by Crippen LogP contribution is -2.26. The number of hydrogen-bond donors (Lipinski definition) is 1. The van der Waals surface area contributed by atoms with Gasteiger partial charge in [0.25, 0.3) is 11.6 Å². The van der Waals surface area contributed by atoms with Crippen molar-refractivity contribution < 1.29 is 14.1 Å². The van der Waals surface area contributed by atoms with Gasteiger partial charge in [0, 0.05) is 24.1 Å². The Labute approximate surface area is 156 Å². The molecule has 0 radical (unpaired) electrons. The topological polar surface area (TPSA) is 98.3 Å². The third kappa shape index (κ3) is 4.03. The van der Waals surface area contributed by atoms with Gasteiger partial charge in [-0.2, -0.15) is 0 Å². The van der Waals surface area contributed by atoms with E-state index in [1.165, 1.54) is 6.07 Å². The van der Waals surface area contributed by atoms with Crippen molar-refractivity contribution in [3.05, 3.63) is 81.2 Å². The summed E-state index contributed by atoms with van der Waals surface area (Å²) in [5.74, 6) is 0.739. The first-order chi connectivity index (χ1) is 13.0. The van der Waals surface area contributed by atoms with Crippen LogP contribution in [0.1, 0.15) is 27.4 Å². The van der Waals surface area contributed by atoms with Crippen LogP contribution in [0.4, 0.5) is 5.69 Å². The molecule has 0 unspecified atom stereocenters. The minimum Gasteiger partial charge on any atom is -0.441 e. The van der Waals surface area contributed by atoms with Crippen molar-refractivity contribution in [3.8, 4) is 11.5 Å². The Balaban J connectivity index is 1.67. The molecular formula is C20H19N3O4. The molecule has 0 saturated heterocycles. The van der Waals surface area contributed by atoms with Gasteiger partial charge in [-0.15, -0.1) is 0 Å². The molecule has 0 saturated carbocycles. The quantitative estimate of drug-likeness (QED) is 0.529. The molecule has 1 aromatic heterocycles. The molecular weight excluding hydrogens is 346 g/mol. The van der Waals surface area contributed by atoms with Crippen molar-refractivity contribution in [2.45, 2.75) is 20.3 Å². The lowest BCUT2D eigenvalue weighted by atomic mass is 10.1. The predicted molar refractivity (Wildman–Crippen MR) is 101 cm³/mol. The summed E-state index contributed by atoms with van der Waals surface area (Å²) >= 11 is 0. The Morgan fingerprint density at radius 3 is 2.59 bits per heavy atom. The van der Waals surface area contributed by atoms with E-state index in [0.717, 1.165) is 11.3 Å². The maximum atomic E-state index is 12.4. The van der Waals surface area contributed by atoms with Crippen molar-refractivity contribution >= 4 is 11.6 Å². The predicted octanol–water partition coefficient (Wildman–Crippen LogP) is 3.84. The number of carbonyl (C=O) groups is 1. The third-order valence-corrected chi connectivity index (χ3v) is 4.23. The lowest BCUT2D eigenvalue weighted by Gasteiger charge is -2.06. The van der Waals surface area contributed by atoms with E-state index in [0.29, 0.717) is 30.2 Å². The van der Waals surface area contributed by atoms with E-state index in [9.17, 15) is 14.9 Å². The van der Waals surface area contributed by atoms with Crippen molar-refractivity contribution in [3.63, 3.8) is 0 Å². The van der Waals surface area contributed by atoms with E-state index in [1.54, 1.807) is 19.1 Å². The first-order valence-electron chi connectivity index (χ1n) is 8.51. The summed E-state index contributed by atoms with van der Waals surface area (Å²) in [4.78, 5) is 27.5. The molecule has 1 heterocycles. The van der Waals surface area contributed by atoms with Crippen LogP contribution in [0.5, 0.6) is 0 Å². The van der Waals surface area contributed by atoms with E-state index in [-0.39, 0.29) is 11.3 Å². The van der Waals surface area contributed by atoms with E-state index in [4.69, 9.17) is 4.42 Å². The zero-order valence-electron chi connectivity index (χ0n) is 15.1. The molecule has 3 rings (SSSR count). The number of aromatic nitrogens is 1. The molecule has 27 heavy (non-hydrogen) atoms. The molecule has 138 valence electrons. The van der Waals surface area contributed by atoms with Crippen LogP contribution < -0.4 is 5.32 Å². The molecule has 3 aromatic rings. The molecule has 0 fully saturated rings. The fourth-order valence-corrected chi connectivity index (χ4v) is 2.84. The molecule has 2 aromatic carbocycles. The van der Waals surface area contributed by atoms with Gasteiger partial charge >= 0.3 is 0 Å². The van der Waals surface area contributed by atoms with Gasteiger partial charge in [-0.25, -0.2) is 4.98 Å². The summed E-state index contributed by atoms with van der Waals surface area (Å²) in [6.07, 6.45) is 0.466. The number of nitro benzene ring substituents is 1. The van der Waals surface area contributed by atoms with Gasteiger partial charge in [0.2, 0.25) is 5.89 Å². The summed E-state index contributed by atoms with van der Waals surface area (Å²) in [5, 5.41) is 13.9.